The summed E-state index contributed by atoms with van der Waals surface area (Å²) in [6, 6.07) is 0. The van der Waals surface area contributed by atoms with Crippen molar-refractivity contribution >= 4 is 29.1 Å². The summed E-state index contributed by atoms with van der Waals surface area (Å²) in [5.41, 5.74) is 1.21. The minimum atomic E-state index is -0.261. The van der Waals surface area contributed by atoms with Crippen molar-refractivity contribution in [1.29, 1.82) is 0 Å². The van der Waals surface area contributed by atoms with E-state index in [1.807, 2.05) is 0 Å². The summed E-state index contributed by atoms with van der Waals surface area (Å²) in [4.78, 5) is 23.7. The molecule has 0 radical (unpaired) electrons. The first-order chi connectivity index (χ1) is 5.61. The van der Waals surface area contributed by atoms with Gasteiger partial charge in [0.1, 0.15) is 5.70 Å². The van der Waals surface area contributed by atoms with Crippen molar-refractivity contribution in [2.45, 2.75) is 13.3 Å². The van der Waals surface area contributed by atoms with Crippen LogP contribution in [0, 0.1) is 0 Å². The van der Waals surface area contributed by atoms with Gasteiger partial charge in [-0.3, -0.25) is 19.8 Å². The molecule has 0 spiro atoms. The van der Waals surface area contributed by atoms with Gasteiger partial charge in [-0.1, -0.05) is 0 Å². The monoisotopic (exact) mass is 182 g/mol. The van der Waals surface area contributed by atoms with Crippen molar-refractivity contribution in [3.63, 3.8) is 0 Å². The molecule has 1 N–H and O–H groups in total. The lowest BCUT2D eigenvalue weighted by Crippen LogP contribution is -2.30. The molecule has 1 fully saturated rings. The van der Waals surface area contributed by atoms with E-state index in [0.29, 0.717) is 12.1 Å². The van der Waals surface area contributed by atoms with E-state index in [1.54, 1.807) is 6.92 Å². The lowest BCUT2D eigenvalue weighted by atomic mass is 10.2. The lowest BCUT2D eigenvalue weighted by Gasteiger charge is -2.06. The van der Waals surface area contributed by atoms with Crippen molar-refractivity contribution in [2.24, 2.45) is 0 Å². The van der Waals surface area contributed by atoms with E-state index in [-0.39, 0.29) is 16.9 Å². The molecule has 0 unspecified atom stereocenters. The van der Waals surface area contributed by atoms with E-state index in [2.05, 4.69) is 5.32 Å². The smallest absolute Gasteiger partial charge is 0.274 e. The first-order valence-corrected chi connectivity index (χ1v) is 3.90. The number of nitrogens with one attached hydrogen (secondary N) is 1. The third-order valence-electron chi connectivity index (χ3n) is 1.93. The fraction of sp³-hybridized carbons (Fsp3) is 0.286. The van der Waals surface area contributed by atoms with Crippen LogP contribution in [0.15, 0.2) is 11.3 Å². The van der Waals surface area contributed by atoms with Crippen LogP contribution >= 0.6 is 12.2 Å². The standard InChI is InChI=1S/C7H6N2O2S/c1-3-2-4(10)9-5(3)6(11)8-7(9)12/h2H2,1H3,(H,8,11,12). The number of nitrogens with zero attached hydrogens (tertiary/aromatic N) is 1. The molecule has 0 aromatic heterocycles. The minimum absolute atomic E-state index is 0.120. The predicted molar refractivity (Wildman–Crippen MR) is 44.9 cm³/mol. The van der Waals surface area contributed by atoms with Gasteiger partial charge in [-0.25, -0.2) is 0 Å². The highest BCUT2D eigenvalue weighted by Crippen LogP contribution is 2.27. The summed E-state index contributed by atoms with van der Waals surface area (Å²) in [7, 11) is 0. The molecule has 1 saturated heterocycles. The molecule has 0 aliphatic carbocycles. The molecule has 12 heavy (non-hydrogen) atoms. The SMILES string of the molecule is CC1=C2C(=O)NC(=S)N2C(=O)C1. The van der Waals surface area contributed by atoms with Crippen LogP contribution in [0.5, 0.6) is 0 Å². The summed E-state index contributed by atoms with van der Waals surface area (Å²) in [5.74, 6) is -0.380. The van der Waals surface area contributed by atoms with Crippen LogP contribution in [0.1, 0.15) is 13.3 Å². The van der Waals surface area contributed by atoms with Gasteiger partial charge in [-0.2, -0.15) is 0 Å². The van der Waals surface area contributed by atoms with Gasteiger partial charge in [-0.05, 0) is 24.7 Å². The summed E-state index contributed by atoms with van der Waals surface area (Å²) in [5, 5.41) is 2.62. The van der Waals surface area contributed by atoms with Crippen LogP contribution in [0.4, 0.5) is 0 Å². The number of hydrogen-bond acceptors (Lipinski definition) is 3. The van der Waals surface area contributed by atoms with Crippen LogP contribution < -0.4 is 5.32 Å². The molecule has 0 aromatic carbocycles. The van der Waals surface area contributed by atoms with E-state index in [1.165, 1.54) is 4.90 Å². The molecule has 0 aromatic rings. The highest BCUT2D eigenvalue weighted by Gasteiger charge is 2.40. The average Bonchev–Trinajstić information content (AvgIpc) is 2.38. The second kappa shape index (κ2) is 2.13. The molecule has 2 aliphatic heterocycles. The fourth-order valence-electron chi connectivity index (χ4n) is 1.43. The normalized spacial score (nSPS) is 22.1. The van der Waals surface area contributed by atoms with Crippen molar-refractivity contribution < 1.29 is 9.59 Å². The highest BCUT2D eigenvalue weighted by molar-refractivity contribution is 7.80. The molecule has 2 amide bonds. The molecule has 2 aliphatic rings. The molecule has 5 heteroatoms. The second-order valence-corrected chi connectivity index (χ2v) is 3.18. The summed E-state index contributed by atoms with van der Waals surface area (Å²) in [6.45, 7) is 1.76. The van der Waals surface area contributed by atoms with E-state index in [0.717, 1.165) is 5.57 Å². The van der Waals surface area contributed by atoms with Gasteiger partial charge in [0.05, 0.1) is 6.42 Å². The zero-order valence-electron chi connectivity index (χ0n) is 6.38. The molecular formula is C7H6N2O2S. The lowest BCUT2D eigenvalue weighted by molar-refractivity contribution is -0.125. The maximum atomic E-state index is 11.2. The highest BCUT2D eigenvalue weighted by atomic mass is 32.1. The van der Waals surface area contributed by atoms with Crippen LogP contribution in [-0.2, 0) is 9.59 Å². The number of amides is 2. The Balaban J connectivity index is 2.54. The van der Waals surface area contributed by atoms with Crippen molar-refractivity contribution in [3.05, 3.63) is 11.3 Å². The molecule has 0 bridgehead atoms. The van der Waals surface area contributed by atoms with Crippen LogP contribution in [0.2, 0.25) is 0 Å². The Labute approximate surface area is 74.2 Å². The molecule has 4 nitrogen and oxygen atoms in total. The van der Waals surface area contributed by atoms with Gasteiger partial charge in [0.15, 0.2) is 5.11 Å². The topological polar surface area (TPSA) is 49.4 Å². The zero-order chi connectivity index (χ0) is 8.88. The summed E-state index contributed by atoms with van der Waals surface area (Å²) in [6.07, 6.45) is 0.308. The van der Waals surface area contributed by atoms with Crippen molar-refractivity contribution in [2.75, 3.05) is 0 Å². The Morgan fingerprint density at radius 2 is 2.17 bits per heavy atom. The van der Waals surface area contributed by atoms with Crippen molar-refractivity contribution in [3.8, 4) is 0 Å². The molecule has 2 rings (SSSR count). The Kier molecular flexibility index (Phi) is 1.32. The van der Waals surface area contributed by atoms with Crippen LogP contribution in [-0.4, -0.2) is 21.8 Å². The molecule has 0 atom stereocenters. The number of fused-ring (bicyclic) bond motifs is 1. The van der Waals surface area contributed by atoms with E-state index >= 15 is 0 Å². The minimum Gasteiger partial charge on any atom is -0.297 e. The van der Waals surface area contributed by atoms with Gasteiger partial charge in [0.25, 0.3) is 5.91 Å². The predicted octanol–water partition coefficient (Wildman–Crippen LogP) is -0.0926. The fourth-order valence-corrected chi connectivity index (χ4v) is 1.71. The number of thiocarbonyl (C=S) groups is 1. The van der Waals surface area contributed by atoms with Gasteiger partial charge < -0.3 is 0 Å². The maximum absolute atomic E-state index is 11.2. The third-order valence-corrected chi connectivity index (χ3v) is 2.22. The Bertz CT molecular complexity index is 345. The quantitative estimate of drug-likeness (QED) is 0.532. The number of hydrogen-bond donors (Lipinski definition) is 1. The van der Waals surface area contributed by atoms with E-state index in [4.69, 9.17) is 12.2 Å². The third kappa shape index (κ3) is 0.739. The summed E-state index contributed by atoms with van der Waals surface area (Å²) < 4.78 is 0. The first kappa shape index (κ1) is 7.42. The molecule has 62 valence electrons. The van der Waals surface area contributed by atoms with Crippen LogP contribution in [0.3, 0.4) is 0 Å². The Morgan fingerprint density at radius 1 is 1.50 bits per heavy atom. The maximum Gasteiger partial charge on any atom is 0.274 e. The van der Waals surface area contributed by atoms with Crippen LogP contribution in [0.25, 0.3) is 0 Å². The summed E-state index contributed by atoms with van der Waals surface area (Å²) >= 11 is 4.80. The Morgan fingerprint density at radius 3 is 2.75 bits per heavy atom. The van der Waals surface area contributed by atoms with Crippen molar-refractivity contribution in [1.82, 2.24) is 10.2 Å². The van der Waals surface area contributed by atoms with Gasteiger partial charge >= 0.3 is 0 Å². The van der Waals surface area contributed by atoms with Gasteiger partial charge in [-0.15, -0.1) is 0 Å². The Hall–Kier alpha value is -1.23. The number of carbonyl (C=O) groups excluding carboxylic acids is 2. The molecule has 2 heterocycles. The molecule has 0 saturated carbocycles. The second-order valence-electron chi connectivity index (χ2n) is 2.79. The first-order valence-electron chi connectivity index (χ1n) is 3.49. The average molecular weight is 182 g/mol. The van der Waals surface area contributed by atoms with Gasteiger partial charge in [0.2, 0.25) is 5.91 Å². The zero-order valence-corrected chi connectivity index (χ0v) is 7.20. The molecular weight excluding hydrogens is 176 g/mol. The largest absolute Gasteiger partial charge is 0.297 e. The number of carbonyl (C=O) groups is 2. The van der Waals surface area contributed by atoms with E-state index < -0.39 is 0 Å². The van der Waals surface area contributed by atoms with Gasteiger partial charge in [0, 0.05) is 0 Å². The van der Waals surface area contributed by atoms with E-state index in [9.17, 15) is 9.59 Å². The number of rotatable bonds is 0.